The highest BCUT2D eigenvalue weighted by Crippen LogP contribution is 2.15. The molecule has 2 N–H and O–H groups in total. The van der Waals surface area contributed by atoms with Crippen molar-refractivity contribution >= 4 is 5.96 Å². The maximum absolute atomic E-state index is 13.1. The maximum Gasteiger partial charge on any atom is 0.191 e. The summed E-state index contributed by atoms with van der Waals surface area (Å²) in [6, 6.07) is 14.4. The lowest BCUT2D eigenvalue weighted by Gasteiger charge is -2.13. The first-order valence-electron chi connectivity index (χ1n) is 7.56. The molecule has 23 heavy (non-hydrogen) atoms. The van der Waals surface area contributed by atoms with E-state index in [4.69, 9.17) is 4.74 Å². The molecular formula is C18H22FN3O. The van der Waals surface area contributed by atoms with Crippen LogP contribution in [0.2, 0.25) is 0 Å². The molecule has 0 aromatic heterocycles. The largest absolute Gasteiger partial charge is 0.491 e. The van der Waals surface area contributed by atoms with Gasteiger partial charge in [0.2, 0.25) is 0 Å². The van der Waals surface area contributed by atoms with Crippen molar-refractivity contribution in [1.82, 2.24) is 10.6 Å². The second-order valence-electron chi connectivity index (χ2n) is 5.10. The van der Waals surface area contributed by atoms with Gasteiger partial charge in [0.1, 0.15) is 18.2 Å². The molecule has 0 amide bonds. The summed E-state index contributed by atoms with van der Waals surface area (Å²) in [5, 5.41) is 6.30. The third kappa shape index (κ3) is 5.62. The number of rotatable bonds is 6. The van der Waals surface area contributed by atoms with E-state index in [0.717, 1.165) is 16.9 Å². The molecular weight excluding hydrogens is 293 g/mol. The molecule has 0 spiro atoms. The number of hydrogen-bond acceptors (Lipinski definition) is 2. The first kappa shape index (κ1) is 16.8. The van der Waals surface area contributed by atoms with Crippen molar-refractivity contribution < 1.29 is 9.13 Å². The van der Waals surface area contributed by atoms with Crippen molar-refractivity contribution in [3.8, 4) is 5.75 Å². The summed E-state index contributed by atoms with van der Waals surface area (Å²) >= 11 is 0. The Morgan fingerprint density at radius 3 is 2.70 bits per heavy atom. The number of para-hydroxylation sites is 1. The minimum absolute atomic E-state index is 0.237. The van der Waals surface area contributed by atoms with Gasteiger partial charge >= 0.3 is 0 Å². The maximum atomic E-state index is 13.1. The van der Waals surface area contributed by atoms with Crippen molar-refractivity contribution in [3.63, 3.8) is 0 Å². The standard InChI is InChI=1S/C18H22FN3O/c1-14-6-3-4-9-17(14)23-11-10-21-18(20-2)22-13-15-7-5-8-16(19)12-15/h3-9,12H,10-11,13H2,1-2H3,(H2,20,21,22). The first-order chi connectivity index (χ1) is 11.2. The fourth-order valence-corrected chi connectivity index (χ4v) is 2.10. The average Bonchev–Trinajstić information content (AvgIpc) is 2.56. The van der Waals surface area contributed by atoms with Crippen molar-refractivity contribution in [3.05, 3.63) is 65.5 Å². The van der Waals surface area contributed by atoms with Gasteiger partial charge in [-0.3, -0.25) is 4.99 Å². The van der Waals surface area contributed by atoms with E-state index in [1.807, 2.05) is 37.3 Å². The van der Waals surface area contributed by atoms with Gasteiger partial charge in [0.25, 0.3) is 0 Å². The Balaban J connectivity index is 1.72. The van der Waals surface area contributed by atoms with Gasteiger partial charge < -0.3 is 15.4 Å². The van der Waals surface area contributed by atoms with Crippen LogP contribution < -0.4 is 15.4 Å². The highest BCUT2D eigenvalue weighted by molar-refractivity contribution is 5.79. The third-order valence-electron chi connectivity index (χ3n) is 3.32. The molecule has 2 aromatic rings. The Morgan fingerprint density at radius 2 is 1.96 bits per heavy atom. The van der Waals surface area contributed by atoms with E-state index < -0.39 is 0 Å². The fraction of sp³-hybridized carbons (Fsp3) is 0.278. The number of aliphatic imine (C=N–C) groups is 1. The SMILES string of the molecule is CN=C(NCCOc1ccccc1C)NCc1cccc(F)c1. The topological polar surface area (TPSA) is 45.7 Å². The molecule has 0 aliphatic heterocycles. The van der Waals surface area contributed by atoms with E-state index in [0.29, 0.717) is 25.7 Å². The summed E-state index contributed by atoms with van der Waals surface area (Å²) in [6.07, 6.45) is 0. The van der Waals surface area contributed by atoms with Crippen LogP contribution in [-0.2, 0) is 6.54 Å². The van der Waals surface area contributed by atoms with Crippen LogP contribution in [0.4, 0.5) is 4.39 Å². The number of halogens is 1. The Morgan fingerprint density at radius 1 is 1.13 bits per heavy atom. The van der Waals surface area contributed by atoms with Crippen LogP contribution in [0.5, 0.6) is 5.75 Å². The number of benzene rings is 2. The monoisotopic (exact) mass is 315 g/mol. The molecule has 0 aliphatic carbocycles. The minimum Gasteiger partial charge on any atom is -0.491 e. The molecule has 0 saturated heterocycles. The number of nitrogens with one attached hydrogen (secondary N) is 2. The van der Waals surface area contributed by atoms with Gasteiger partial charge in [-0.15, -0.1) is 0 Å². The lowest BCUT2D eigenvalue weighted by molar-refractivity contribution is 0.320. The lowest BCUT2D eigenvalue weighted by atomic mass is 10.2. The molecule has 4 nitrogen and oxygen atoms in total. The predicted molar refractivity (Wildman–Crippen MR) is 91.3 cm³/mol. The van der Waals surface area contributed by atoms with Gasteiger partial charge in [0, 0.05) is 13.6 Å². The van der Waals surface area contributed by atoms with Gasteiger partial charge in [-0.2, -0.15) is 0 Å². The number of guanidine groups is 1. The zero-order chi connectivity index (χ0) is 16.5. The molecule has 2 aromatic carbocycles. The van der Waals surface area contributed by atoms with Gasteiger partial charge in [0.15, 0.2) is 5.96 Å². The van der Waals surface area contributed by atoms with Crippen LogP contribution in [0.25, 0.3) is 0 Å². The van der Waals surface area contributed by atoms with Gasteiger partial charge in [0.05, 0.1) is 6.54 Å². The number of hydrogen-bond donors (Lipinski definition) is 2. The molecule has 5 heteroatoms. The van der Waals surface area contributed by atoms with E-state index in [-0.39, 0.29) is 5.82 Å². The second kappa shape index (κ2) is 8.78. The van der Waals surface area contributed by atoms with Gasteiger partial charge in [-0.05, 0) is 36.2 Å². The molecule has 0 radical (unpaired) electrons. The molecule has 0 fully saturated rings. The van der Waals surface area contributed by atoms with Gasteiger partial charge in [-0.1, -0.05) is 30.3 Å². The molecule has 0 bridgehead atoms. The lowest BCUT2D eigenvalue weighted by Crippen LogP contribution is -2.38. The van der Waals surface area contributed by atoms with Crippen LogP contribution in [-0.4, -0.2) is 26.2 Å². The van der Waals surface area contributed by atoms with Crippen LogP contribution >= 0.6 is 0 Å². The van der Waals surface area contributed by atoms with Crippen molar-refractivity contribution in [1.29, 1.82) is 0 Å². The zero-order valence-corrected chi connectivity index (χ0v) is 13.5. The molecule has 0 heterocycles. The average molecular weight is 315 g/mol. The predicted octanol–water partition coefficient (Wildman–Crippen LogP) is 2.88. The zero-order valence-electron chi connectivity index (χ0n) is 13.5. The van der Waals surface area contributed by atoms with Gasteiger partial charge in [-0.25, -0.2) is 4.39 Å². The summed E-state index contributed by atoms with van der Waals surface area (Å²) in [7, 11) is 1.70. The quantitative estimate of drug-likeness (QED) is 0.489. The van der Waals surface area contributed by atoms with Crippen molar-refractivity contribution in [2.24, 2.45) is 4.99 Å². The van der Waals surface area contributed by atoms with Crippen molar-refractivity contribution in [2.75, 3.05) is 20.2 Å². The minimum atomic E-state index is -0.237. The number of ether oxygens (including phenoxy) is 1. The summed E-state index contributed by atoms with van der Waals surface area (Å²) in [6.45, 7) is 3.68. The van der Waals surface area contributed by atoms with E-state index in [1.165, 1.54) is 12.1 Å². The van der Waals surface area contributed by atoms with Crippen LogP contribution in [0.15, 0.2) is 53.5 Å². The second-order valence-corrected chi connectivity index (χ2v) is 5.10. The van der Waals surface area contributed by atoms with Crippen LogP contribution in [0.1, 0.15) is 11.1 Å². The van der Waals surface area contributed by atoms with E-state index in [1.54, 1.807) is 13.1 Å². The number of nitrogens with zero attached hydrogens (tertiary/aromatic N) is 1. The van der Waals surface area contributed by atoms with Crippen LogP contribution in [0.3, 0.4) is 0 Å². The van der Waals surface area contributed by atoms with Crippen molar-refractivity contribution in [2.45, 2.75) is 13.5 Å². The van der Waals surface area contributed by atoms with Crippen LogP contribution in [0, 0.1) is 12.7 Å². The molecule has 0 saturated carbocycles. The summed E-state index contributed by atoms with van der Waals surface area (Å²) in [5.41, 5.74) is 1.98. The molecule has 0 unspecified atom stereocenters. The third-order valence-corrected chi connectivity index (χ3v) is 3.32. The first-order valence-corrected chi connectivity index (χ1v) is 7.56. The van der Waals surface area contributed by atoms with E-state index in [2.05, 4.69) is 15.6 Å². The summed E-state index contributed by atoms with van der Waals surface area (Å²) in [5.74, 6) is 1.30. The Kier molecular flexibility index (Phi) is 6.41. The summed E-state index contributed by atoms with van der Waals surface area (Å²) in [4.78, 5) is 4.13. The van der Waals surface area contributed by atoms with E-state index >= 15 is 0 Å². The van der Waals surface area contributed by atoms with E-state index in [9.17, 15) is 4.39 Å². The Labute approximate surface area is 136 Å². The Bertz CT molecular complexity index is 658. The normalized spacial score (nSPS) is 11.2. The smallest absolute Gasteiger partial charge is 0.191 e. The molecule has 0 aliphatic rings. The highest BCUT2D eigenvalue weighted by Gasteiger charge is 2.01. The fourth-order valence-electron chi connectivity index (χ4n) is 2.10. The summed E-state index contributed by atoms with van der Waals surface area (Å²) < 4.78 is 18.8. The Hall–Kier alpha value is -2.56. The molecule has 2 rings (SSSR count). The number of aryl methyl sites for hydroxylation is 1. The molecule has 0 atom stereocenters. The molecule has 122 valence electrons. The highest BCUT2D eigenvalue weighted by atomic mass is 19.1.